The van der Waals surface area contributed by atoms with Crippen LogP contribution in [0.2, 0.25) is 0 Å². The Morgan fingerprint density at radius 3 is 2.42 bits per heavy atom. The van der Waals surface area contributed by atoms with Crippen LogP contribution < -0.4 is 0 Å². The maximum absolute atomic E-state index is 9.57. The first-order valence-electron chi connectivity index (χ1n) is 8.03. The topological polar surface area (TPSA) is 50.9 Å². The van der Waals surface area contributed by atoms with Crippen molar-refractivity contribution in [3.05, 3.63) is 82.7 Å². The lowest BCUT2D eigenvalue weighted by atomic mass is 10.1. The summed E-state index contributed by atoms with van der Waals surface area (Å²) in [5.74, 6) is 0. The van der Waals surface area contributed by atoms with E-state index in [-0.39, 0.29) is 12.6 Å². The molecule has 0 fully saturated rings. The predicted molar refractivity (Wildman–Crippen MR) is 96.3 cm³/mol. The van der Waals surface area contributed by atoms with Gasteiger partial charge in [0.15, 0.2) is 0 Å². The number of rotatable bonds is 5. The first kappa shape index (κ1) is 16.1. The molecule has 0 amide bonds. The van der Waals surface area contributed by atoms with Crippen molar-refractivity contribution in [2.24, 2.45) is 0 Å². The smallest absolute Gasteiger partial charge is 0.115 e. The molecule has 3 aromatic rings. The summed E-state index contributed by atoms with van der Waals surface area (Å²) in [7, 11) is 0. The third kappa shape index (κ3) is 3.44. The molecule has 0 bridgehead atoms. The van der Waals surface area contributed by atoms with E-state index in [1.54, 1.807) is 0 Å². The first-order chi connectivity index (χ1) is 11.7. The van der Waals surface area contributed by atoms with Crippen LogP contribution in [0.1, 0.15) is 41.0 Å². The molecule has 0 aliphatic rings. The fourth-order valence-electron chi connectivity index (χ4n) is 2.63. The summed E-state index contributed by atoms with van der Waals surface area (Å²) in [4.78, 5) is 0. The fraction of sp³-hybridized carbons (Fsp3) is 0.200. The molecule has 0 radical (unpaired) electrons. The Kier molecular flexibility index (Phi) is 4.87. The third-order valence-corrected chi connectivity index (χ3v) is 4.11. The molecule has 3 rings (SSSR count). The van der Waals surface area contributed by atoms with Crippen LogP contribution in [0.15, 0.2) is 54.6 Å². The van der Waals surface area contributed by atoms with E-state index in [0.717, 1.165) is 16.8 Å². The molecule has 0 saturated carbocycles. The molecule has 0 aliphatic heterocycles. The fourth-order valence-corrected chi connectivity index (χ4v) is 2.63. The highest BCUT2D eigenvalue weighted by Gasteiger charge is 2.16. The van der Waals surface area contributed by atoms with Crippen LogP contribution in [0, 0.1) is 6.92 Å². The van der Waals surface area contributed by atoms with Crippen molar-refractivity contribution in [2.45, 2.75) is 26.5 Å². The Hall–Kier alpha value is -2.72. The van der Waals surface area contributed by atoms with Gasteiger partial charge < -0.3 is 5.11 Å². The van der Waals surface area contributed by atoms with Crippen LogP contribution in [0.4, 0.5) is 0 Å². The highest BCUT2D eigenvalue weighted by atomic mass is 16.3. The number of aromatic nitrogens is 3. The molecule has 122 valence electrons. The number of aliphatic hydroxyl groups is 1. The standard InChI is InChI=1S/C20H21N3O/c1-15-8-10-17(11-9-15)12-13-20-19(14-24)21-22-23(20)16(2)18-6-4-3-5-7-18/h3-13,16,24H,14H2,1-2H3/b13-12+. The van der Waals surface area contributed by atoms with Gasteiger partial charge in [0.05, 0.1) is 18.3 Å². The zero-order chi connectivity index (χ0) is 16.9. The van der Waals surface area contributed by atoms with E-state index in [1.807, 2.05) is 35.0 Å². The van der Waals surface area contributed by atoms with Gasteiger partial charge in [0.1, 0.15) is 5.69 Å². The van der Waals surface area contributed by atoms with Gasteiger partial charge in [-0.15, -0.1) is 5.10 Å². The summed E-state index contributed by atoms with van der Waals surface area (Å²) in [6, 6.07) is 18.5. The van der Waals surface area contributed by atoms with Crippen molar-refractivity contribution in [3.63, 3.8) is 0 Å². The molecular weight excluding hydrogens is 298 g/mol. The molecule has 0 aliphatic carbocycles. The van der Waals surface area contributed by atoms with Gasteiger partial charge in [0, 0.05) is 0 Å². The number of hydrogen-bond donors (Lipinski definition) is 1. The lowest BCUT2D eigenvalue weighted by Crippen LogP contribution is -2.10. The van der Waals surface area contributed by atoms with E-state index < -0.39 is 0 Å². The van der Waals surface area contributed by atoms with Crippen LogP contribution in [0.3, 0.4) is 0 Å². The molecule has 1 N–H and O–H groups in total. The Bertz CT molecular complexity index is 820. The quantitative estimate of drug-likeness (QED) is 0.777. The molecule has 1 atom stereocenters. The zero-order valence-electron chi connectivity index (χ0n) is 13.9. The average Bonchev–Trinajstić information content (AvgIpc) is 3.04. The summed E-state index contributed by atoms with van der Waals surface area (Å²) in [5, 5.41) is 17.9. The zero-order valence-corrected chi connectivity index (χ0v) is 13.9. The van der Waals surface area contributed by atoms with Crippen molar-refractivity contribution in [3.8, 4) is 0 Å². The normalized spacial score (nSPS) is 12.6. The second-order valence-electron chi connectivity index (χ2n) is 5.85. The van der Waals surface area contributed by atoms with Gasteiger partial charge in [0.25, 0.3) is 0 Å². The monoisotopic (exact) mass is 319 g/mol. The Morgan fingerprint density at radius 1 is 1.04 bits per heavy atom. The minimum absolute atomic E-state index is 0.0386. The van der Waals surface area contributed by atoms with Crippen LogP contribution >= 0.6 is 0 Å². The summed E-state index contributed by atoms with van der Waals surface area (Å²) in [5.41, 5.74) is 4.89. The van der Waals surface area contributed by atoms with Crippen molar-refractivity contribution in [1.82, 2.24) is 15.0 Å². The minimum atomic E-state index is -0.130. The molecule has 24 heavy (non-hydrogen) atoms. The molecule has 0 spiro atoms. The number of aliphatic hydroxyl groups excluding tert-OH is 1. The molecule has 2 aromatic carbocycles. The minimum Gasteiger partial charge on any atom is -0.390 e. The number of hydrogen-bond acceptors (Lipinski definition) is 3. The SMILES string of the molecule is Cc1ccc(/C=C/c2c(CO)nnn2C(C)c2ccccc2)cc1. The summed E-state index contributed by atoms with van der Waals surface area (Å²) >= 11 is 0. The van der Waals surface area contributed by atoms with Crippen LogP contribution in [0.25, 0.3) is 12.2 Å². The van der Waals surface area contributed by atoms with E-state index >= 15 is 0 Å². The molecular formula is C20H21N3O. The summed E-state index contributed by atoms with van der Waals surface area (Å²) in [6.07, 6.45) is 3.99. The maximum Gasteiger partial charge on any atom is 0.115 e. The van der Waals surface area contributed by atoms with Crippen LogP contribution in [-0.4, -0.2) is 20.1 Å². The second-order valence-corrected chi connectivity index (χ2v) is 5.85. The van der Waals surface area contributed by atoms with Gasteiger partial charge in [-0.1, -0.05) is 71.5 Å². The van der Waals surface area contributed by atoms with Crippen molar-refractivity contribution >= 4 is 12.2 Å². The van der Waals surface area contributed by atoms with E-state index in [1.165, 1.54) is 5.56 Å². The van der Waals surface area contributed by atoms with Gasteiger partial charge in [-0.2, -0.15) is 0 Å². The molecule has 1 heterocycles. The Balaban J connectivity index is 1.94. The molecule has 0 saturated heterocycles. The van der Waals surface area contributed by atoms with E-state index in [9.17, 15) is 5.11 Å². The lowest BCUT2D eigenvalue weighted by molar-refractivity contribution is 0.276. The molecule has 1 unspecified atom stereocenters. The van der Waals surface area contributed by atoms with Crippen molar-refractivity contribution < 1.29 is 5.11 Å². The predicted octanol–water partition coefficient (Wildman–Crippen LogP) is 3.86. The van der Waals surface area contributed by atoms with Gasteiger partial charge >= 0.3 is 0 Å². The van der Waals surface area contributed by atoms with Gasteiger partial charge in [-0.05, 0) is 31.1 Å². The molecule has 1 aromatic heterocycles. The van der Waals surface area contributed by atoms with Crippen molar-refractivity contribution in [1.29, 1.82) is 0 Å². The summed E-state index contributed by atoms with van der Waals surface area (Å²) in [6.45, 7) is 4.02. The van der Waals surface area contributed by atoms with Gasteiger partial charge in [-0.25, -0.2) is 4.68 Å². The Morgan fingerprint density at radius 2 is 1.75 bits per heavy atom. The van der Waals surface area contributed by atoms with Crippen molar-refractivity contribution in [2.75, 3.05) is 0 Å². The maximum atomic E-state index is 9.57. The van der Waals surface area contributed by atoms with Gasteiger partial charge in [0.2, 0.25) is 0 Å². The lowest BCUT2D eigenvalue weighted by Gasteiger charge is -2.14. The first-order valence-corrected chi connectivity index (χ1v) is 8.03. The Labute approximate surface area is 142 Å². The molecule has 4 heteroatoms. The second kappa shape index (κ2) is 7.23. The average molecular weight is 319 g/mol. The number of aryl methyl sites for hydroxylation is 1. The summed E-state index contributed by atoms with van der Waals surface area (Å²) < 4.78 is 1.85. The van der Waals surface area contributed by atoms with E-state index in [4.69, 9.17) is 0 Å². The van der Waals surface area contributed by atoms with Crippen LogP contribution in [0.5, 0.6) is 0 Å². The third-order valence-electron chi connectivity index (χ3n) is 4.11. The van der Waals surface area contributed by atoms with Gasteiger partial charge in [-0.3, -0.25) is 0 Å². The number of benzene rings is 2. The number of nitrogens with zero attached hydrogens (tertiary/aromatic N) is 3. The van der Waals surface area contributed by atoms with E-state index in [0.29, 0.717) is 5.69 Å². The molecule has 4 nitrogen and oxygen atoms in total. The largest absolute Gasteiger partial charge is 0.390 e. The highest BCUT2D eigenvalue weighted by molar-refractivity contribution is 5.69. The van der Waals surface area contributed by atoms with Crippen LogP contribution in [-0.2, 0) is 6.61 Å². The highest BCUT2D eigenvalue weighted by Crippen LogP contribution is 2.21. The van der Waals surface area contributed by atoms with E-state index in [2.05, 4.69) is 60.6 Å².